The highest BCUT2D eigenvalue weighted by atomic mass is 19.1. The van der Waals surface area contributed by atoms with E-state index in [0.717, 1.165) is 5.01 Å². The van der Waals surface area contributed by atoms with Crippen LogP contribution in [0, 0.1) is 5.82 Å². The highest BCUT2D eigenvalue weighted by molar-refractivity contribution is 5.89. The van der Waals surface area contributed by atoms with Crippen LogP contribution in [-0.2, 0) is 16.9 Å². The maximum absolute atomic E-state index is 13.2. The lowest BCUT2D eigenvalue weighted by molar-refractivity contribution is -0.157. The highest BCUT2D eigenvalue weighted by Crippen LogP contribution is 2.36. The fourth-order valence-electron chi connectivity index (χ4n) is 2.99. The number of nitrogens with zero attached hydrogens (tertiary/aromatic N) is 2. The van der Waals surface area contributed by atoms with Gasteiger partial charge in [-0.05, 0) is 37.1 Å². The van der Waals surface area contributed by atoms with E-state index in [9.17, 15) is 19.4 Å². The fourth-order valence-corrected chi connectivity index (χ4v) is 2.99. The van der Waals surface area contributed by atoms with Crippen molar-refractivity contribution in [1.29, 1.82) is 0 Å². The monoisotopic (exact) mass is 342 g/mol. The largest absolute Gasteiger partial charge is 0.508 e. The molecule has 2 N–H and O–H groups in total. The van der Waals surface area contributed by atoms with Gasteiger partial charge in [-0.2, -0.15) is 10.1 Å². The molecule has 5 nitrogen and oxygen atoms in total. The van der Waals surface area contributed by atoms with Crippen molar-refractivity contribution in [2.45, 2.75) is 31.9 Å². The van der Waals surface area contributed by atoms with Gasteiger partial charge in [0.05, 0.1) is 0 Å². The highest BCUT2D eigenvalue weighted by Gasteiger charge is 2.44. The third kappa shape index (κ3) is 3.39. The Labute approximate surface area is 145 Å². The first-order valence-corrected chi connectivity index (χ1v) is 8.02. The van der Waals surface area contributed by atoms with E-state index < -0.39 is 11.5 Å². The second-order valence-corrected chi connectivity index (χ2v) is 6.17. The maximum atomic E-state index is 13.2. The molecule has 1 atom stereocenters. The molecule has 0 unspecified atom stereocenters. The molecule has 0 aliphatic carbocycles. The summed E-state index contributed by atoms with van der Waals surface area (Å²) in [7, 11) is 0. The molecule has 3 rings (SSSR count). The number of carbonyl (C=O) groups excluding carboxylic acids is 1. The summed E-state index contributed by atoms with van der Waals surface area (Å²) in [6.07, 6.45) is 0.578. The van der Waals surface area contributed by atoms with Crippen LogP contribution < -0.4 is 0 Å². The Morgan fingerprint density at radius 2 is 1.92 bits per heavy atom. The SMILES string of the molecule is CC1=NN(C(=O)CCc2ccccc2O)[C@@](O)(c2ccc(F)cc2)C1. The lowest BCUT2D eigenvalue weighted by Crippen LogP contribution is -2.43. The van der Waals surface area contributed by atoms with Gasteiger partial charge in [-0.25, -0.2) is 4.39 Å². The van der Waals surface area contributed by atoms with Crippen LogP contribution in [0.25, 0.3) is 0 Å². The van der Waals surface area contributed by atoms with Crippen molar-refractivity contribution in [1.82, 2.24) is 5.01 Å². The number of benzene rings is 2. The average molecular weight is 342 g/mol. The summed E-state index contributed by atoms with van der Waals surface area (Å²) in [5.74, 6) is -0.655. The number of amides is 1. The van der Waals surface area contributed by atoms with E-state index in [1.165, 1.54) is 24.3 Å². The van der Waals surface area contributed by atoms with E-state index in [1.54, 1.807) is 31.2 Å². The topological polar surface area (TPSA) is 73.1 Å². The van der Waals surface area contributed by atoms with Crippen molar-refractivity contribution >= 4 is 11.6 Å². The molecule has 6 heteroatoms. The minimum atomic E-state index is -1.62. The van der Waals surface area contributed by atoms with Crippen LogP contribution in [-0.4, -0.2) is 26.8 Å². The Kier molecular flexibility index (Phi) is 4.55. The van der Waals surface area contributed by atoms with Crippen molar-refractivity contribution in [2.75, 3.05) is 0 Å². The minimum absolute atomic E-state index is 0.0812. The molecule has 1 heterocycles. The number of rotatable bonds is 4. The first-order valence-electron chi connectivity index (χ1n) is 8.02. The molecule has 2 aromatic carbocycles. The lowest BCUT2D eigenvalue weighted by Gasteiger charge is -2.31. The smallest absolute Gasteiger partial charge is 0.245 e. The zero-order chi connectivity index (χ0) is 18.0. The second kappa shape index (κ2) is 6.64. The van der Waals surface area contributed by atoms with Gasteiger partial charge in [0.25, 0.3) is 0 Å². The van der Waals surface area contributed by atoms with E-state index >= 15 is 0 Å². The normalized spacial score (nSPS) is 19.8. The van der Waals surface area contributed by atoms with Gasteiger partial charge >= 0.3 is 0 Å². The number of hydrazone groups is 1. The van der Waals surface area contributed by atoms with Gasteiger partial charge in [0.1, 0.15) is 11.6 Å². The molecule has 0 spiro atoms. The number of aromatic hydroxyl groups is 1. The molecular formula is C19H19FN2O3. The number of para-hydroxylation sites is 1. The molecule has 0 fully saturated rings. The van der Waals surface area contributed by atoms with Crippen LogP contribution in [0.1, 0.15) is 30.9 Å². The molecule has 0 radical (unpaired) electrons. The number of hydrogen-bond acceptors (Lipinski definition) is 4. The summed E-state index contributed by atoms with van der Waals surface area (Å²) < 4.78 is 13.2. The molecule has 1 aliphatic heterocycles. The predicted octanol–water partition coefficient (Wildman–Crippen LogP) is 2.92. The Morgan fingerprint density at radius 1 is 1.24 bits per heavy atom. The average Bonchev–Trinajstić information content (AvgIpc) is 2.90. The Hall–Kier alpha value is -2.73. The molecule has 1 aliphatic rings. The van der Waals surface area contributed by atoms with Gasteiger partial charge in [0.15, 0.2) is 5.72 Å². The second-order valence-electron chi connectivity index (χ2n) is 6.17. The van der Waals surface area contributed by atoms with Crippen LogP contribution >= 0.6 is 0 Å². The number of phenolic OH excluding ortho intramolecular Hbond substituents is 1. The number of hydrogen-bond donors (Lipinski definition) is 2. The van der Waals surface area contributed by atoms with Gasteiger partial charge in [0.2, 0.25) is 5.91 Å². The summed E-state index contributed by atoms with van der Waals surface area (Å²) in [5, 5.41) is 26.1. The molecular weight excluding hydrogens is 323 g/mol. The van der Waals surface area contributed by atoms with Crippen molar-refractivity contribution < 1.29 is 19.4 Å². The molecule has 0 aromatic heterocycles. The van der Waals surface area contributed by atoms with Gasteiger partial charge in [-0.15, -0.1) is 0 Å². The van der Waals surface area contributed by atoms with Crippen LogP contribution in [0.4, 0.5) is 4.39 Å². The van der Waals surface area contributed by atoms with Crippen LogP contribution in [0.2, 0.25) is 0 Å². The third-order valence-electron chi connectivity index (χ3n) is 4.27. The summed E-state index contributed by atoms with van der Waals surface area (Å²) >= 11 is 0. The van der Waals surface area contributed by atoms with E-state index in [2.05, 4.69) is 5.10 Å². The van der Waals surface area contributed by atoms with Crippen molar-refractivity contribution in [2.24, 2.45) is 5.10 Å². The Morgan fingerprint density at radius 3 is 2.60 bits per heavy atom. The molecule has 0 bridgehead atoms. The summed E-state index contributed by atoms with van der Waals surface area (Å²) in [6.45, 7) is 1.73. The zero-order valence-electron chi connectivity index (χ0n) is 13.8. The van der Waals surface area contributed by atoms with Crippen LogP contribution in [0.5, 0.6) is 5.75 Å². The van der Waals surface area contributed by atoms with Gasteiger partial charge in [-0.3, -0.25) is 4.79 Å². The van der Waals surface area contributed by atoms with Crippen molar-refractivity contribution in [3.8, 4) is 5.75 Å². The molecule has 0 saturated carbocycles. The molecule has 2 aromatic rings. The fraction of sp³-hybridized carbons (Fsp3) is 0.263. The number of halogens is 1. The van der Waals surface area contributed by atoms with E-state index in [-0.39, 0.29) is 24.5 Å². The summed E-state index contributed by atoms with van der Waals surface area (Å²) in [6, 6.07) is 12.2. The zero-order valence-corrected chi connectivity index (χ0v) is 13.8. The van der Waals surface area contributed by atoms with Crippen LogP contribution in [0.15, 0.2) is 53.6 Å². The molecule has 0 saturated heterocycles. The van der Waals surface area contributed by atoms with Crippen LogP contribution in [0.3, 0.4) is 0 Å². The number of phenols is 1. The maximum Gasteiger partial charge on any atom is 0.245 e. The van der Waals surface area contributed by atoms with Gasteiger partial charge in [-0.1, -0.05) is 30.3 Å². The standard InChI is InChI=1S/C19H19FN2O3/c1-13-12-19(25,15-7-9-16(20)10-8-15)22(21-13)18(24)11-6-14-4-2-3-5-17(14)23/h2-5,7-10,23,25H,6,11-12H2,1H3/t19-/m0/s1. The van der Waals surface area contributed by atoms with E-state index in [4.69, 9.17) is 0 Å². The third-order valence-corrected chi connectivity index (χ3v) is 4.27. The first kappa shape index (κ1) is 17.1. The Balaban J connectivity index is 1.79. The number of aliphatic hydroxyl groups is 1. The molecule has 1 amide bonds. The molecule has 25 heavy (non-hydrogen) atoms. The van der Waals surface area contributed by atoms with Crippen molar-refractivity contribution in [3.63, 3.8) is 0 Å². The quantitative estimate of drug-likeness (QED) is 0.897. The predicted molar refractivity (Wildman–Crippen MR) is 91.3 cm³/mol. The molecule has 130 valence electrons. The number of carbonyl (C=O) groups is 1. The first-order chi connectivity index (χ1) is 11.9. The summed E-state index contributed by atoms with van der Waals surface area (Å²) in [5.41, 5.74) is 0.0577. The summed E-state index contributed by atoms with van der Waals surface area (Å²) in [4.78, 5) is 12.6. The van der Waals surface area contributed by atoms with E-state index in [1.807, 2.05) is 0 Å². The van der Waals surface area contributed by atoms with Gasteiger partial charge < -0.3 is 10.2 Å². The number of aryl methyl sites for hydroxylation is 1. The lowest BCUT2D eigenvalue weighted by atomic mass is 9.97. The Bertz CT molecular complexity index is 820. The van der Waals surface area contributed by atoms with E-state index in [0.29, 0.717) is 23.3 Å². The van der Waals surface area contributed by atoms with Gasteiger partial charge in [0, 0.05) is 24.1 Å². The van der Waals surface area contributed by atoms with Crippen molar-refractivity contribution in [3.05, 3.63) is 65.5 Å². The minimum Gasteiger partial charge on any atom is -0.508 e.